The van der Waals surface area contributed by atoms with Crippen LogP contribution in [0.2, 0.25) is 0 Å². The summed E-state index contributed by atoms with van der Waals surface area (Å²) in [6, 6.07) is 13.6. The maximum Gasteiger partial charge on any atom is 0.126 e. The fourth-order valence-electron chi connectivity index (χ4n) is 2.22. The molecule has 1 heterocycles. The van der Waals surface area contributed by atoms with Gasteiger partial charge in [-0.1, -0.05) is 11.6 Å². The first kappa shape index (κ1) is 11.0. The maximum atomic E-state index is 13.3. The molecule has 1 aromatic heterocycles. The van der Waals surface area contributed by atoms with Crippen molar-refractivity contribution in [2.75, 3.05) is 0 Å². The number of halogens is 1. The Morgan fingerprint density at radius 1 is 0.944 bits per heavy atom. The zero-order valence-electron chi connectivity index (χ0n) is 10.4. The average Bonchev–Trinajstić information content (AvgIpc) is 2.75. The molecule has 18 heavy (non-hydrogen) atoms. The minimum Gasteiger partial charge on any atom is -0.355 e. The molecular formula is C16H14FN. The van der Waals surface area contributed by atoms with Crippen LogP contribution < -0.4 is 0 Å². The van der Waals surface area contributed by atoms with Crippen LogP contribution in [0.4, 0.5) is 4.39 Å². The molecule has 3 aromatic rings. The summed E-state index contributed by atoms with van der Waals surface area (Å²) in [5.41, 5.74) is 5.06. The molecule has 0 aliphatic heterocycles. The van der Waals surface area contributed by atoms with E-state index in [2.05, 4.69) is 36.2 Å². The Hall–Kier alpha value is -2.09. The van der Waals surface area contributed by atoms with Gasteiger partial charge in [0.2, 0.25) is 0 Å². The first-order valence-electron chi connectivity index (χ1n) is 5.99. The predicted molar refractivity (Wildman–Crippen MR) is 73.2 cm³/mol. The van der Waals surface area contributed by atoms with E-state index in [4.69, 9.17) is 0 Å². The number of aryl methyl sites for hydroxylation is 2. The van der Waals surface area contributed by atoms with Gasteiger partial charge in [0.25, 0.3) is 0 Å². The number of aromatic nitrogens is 1. The summed E-state index contributed by atoms with van der Waals surface area (Å²) in [6.45, 7) is 3.86. The van der Waals surface area contributed by atoms with E-state index < -0.39 is 0 Å². The molecule has 0 radical (unpaired) electrons. The first-order valence-corrected chi connectivity index (χ1v) is 5.99. The second-order valence-corrected chi connectivity index (χ2v) is 4.74. The van der Waals surface area contributed by atoms with Crippen molar-refractivity contribution in [1.29, 1.82) is 0 Å². The highest BCUT2D eigenvalue weighted by Gasteiger charge is 2.05. The van der Waals surface area contributed by atoms with Crippen LogP contribution in [0.5, 0.6) is 0 Å². The van der Waals surface area contributed by atoms with Crippen LogP contribution in [-0.2, 0) is 0 Å². The van der Waals surface area contributed by atoms with Crippen LogP contribution in [0.1, 0.15) is 11.1 Å². The van der Waals surface area contributed by atoms with Crippen LogP contribution >= 0.6 is 0 Å². The fraction of sp³-hybridized carbons (Fsp3) is 0.125. The Labute approximate surface area is 105 Å². The van der Waals surface area contributed by atoms with Crippen molar-refractivity contribution in [1.82, 2.24) is 4.98 Å². The van der Waals surface area contributed by atoms with Gasteiger partial charge in [0, 0.05) is 16.6 Å². The molecule has 0 aliphatic rings. The highest BCUT2D eigenvalue weighted by molar-refractivity contribution is 5.86. The van der Waals surface area contributed by atoms with E-state index in [0.29, 0.717) is 5.56 Å². The molecule has 0 amide bonds. The molecule has 2 heteroatoms. The Balaban J connectivity index is 2.16. The van der Waals surface area contributed by atoms with Crippen molar-refractivity contribution >= 4 is 10.9 Å². The monoisotopic (exact) mass is 239 g/mol. The Bertz CT molecular complexity index is 725. The third-order valence-electron chi connectivity index (χ3n) is 3.25. The Morgan fingerprint density at radius 3 is 2.56 bits per heavy atom. The number of benzene rings is 2. The highest BCUT2D eigenvalue weighted by Crippen LogP contribution is 2.26. The number of aromatic amines is 1. The Kier molecular flexibility index (Phi) is 2.44. The molecule has 0 fully saturated rings. The maximum absolute atomic E-state index is 13.3. The van der Waals surface area contributed by atoms with Crippen LogP contribution in [0.25, 0.3) is 22.2 Å². The van der Waals surface area contributed by atoms with Crippen LogP contribution in [0, 0.1) is 19.7 Å². The Morgan fingerprint density at radius 2 is 1.78 bits per heavy atom. The van der Waals surface area contributed by atoms with Gasteiger partial charge in [-0.15, -0.1) is 0 Å². The summed E-state index contributed by atoms with van der Waals surface area (Å²) < 4.78 is 13.3. The van der Waals surface area contributed by atoms with Gasteiger partial charge in [0.1, 0.15) is 5.82 Å². The number of hydrogen-bond acceptors (Lipinski definition) is 0. The molecule has 2 aromatic carbocycles. The standard InChI is InChI=1S/C16H14FN/c1-10-3-6-15-13(7-10)9-16(18-15)12-4-5-14(17)11(2)8-12/h3-9,18H,1-2H3. The van der Waals surface area contributed by atoms with E-state index in [-0.39, 0.29) is 5.82 Å². The number of hydrogen-bond donors (Lipinski definition) is 1. The van der Waals surface area contributed by atoms with Crippen molar-refractivity contribution in [3.8, 4) is 11.3 Å². The molecule has 3 rings (SSSR count). The summed E-state index contributed by atoms with van der Waals surface area (Å²) in [5, 5.41) is 1.19. The summed E-state index contributed by atoms with van der Waals surface area (Å²) in [7, 11) is 0. The van der Waals surface area contributed by atoms with Gasteiger partial charge in [-0.25, -0.2) is 4.39 Å². The lowest BCUT2D eigenvalue weighted by atomic mass is 10.1. The van der Waals surface area contributed by atoms with Crippen molar-refractivity contribution < 1.29 is 4.39 Å². The smallest absolute Gasteiger partial charge is 0.126 e. The minimum absolute atomic E-state index is 0.161. The van der Waals surface area contributed by atoms with Gasteiger partial charge in [-0.2, -0.15) is 0 Å². The van der Waals surface area contributed by atoms with Crippen molar-refractivity contribution in [2.24, 2.45) is 0 Å². The van der Waals surface area contributed by atoms with Crippen LogP contribution in [0.15, 0.2) is 42.5 Å². The number of fused-ring (bicyclic) bond motifs is 1. The van der Waals surface area contributed by atoms with Gasteiger partial charge in [0.05, 0.1) is 0 Å². The van der Waals surface area contributed by atoms with E-state index >= 15 is 0 Å². The molecule has 0 saturated carbocycles. The topological polar surface area (TPSA) is 15.8 Å². The summed E-state index contributed by atoms with van der Waals surface area (Å²) in [6.07, 6.45) is 0. The largest absolute Gasteiger partial charge is 0.355 e. The summed E-state index contributed by atoms with van der Waals surface area (Å²) >= 11 is 0. The third-order valence-corrected chi connectivity index (χ3v) is 3.25. The number of nitrogens with one attached hydrogen (secondary N) is 1. The minimum atomic E-state index is -0.161. The molecule has 0 saturated heterocycles. The van der Waals surface area contributed by atoms with Crippen molar-refractivity contribution in [3.63, 3.8) is 0 Å². The summed E-state index contributed by atoms with van der Waals surface area (Å²) in [4.78, 5) is 3.36. The van der Waals surface area contributed by atoms with Gasteiger partial charge >= 0.3 is 0 Å². The molecule has 1 nitrogen and oxygen atoms in total. The van der Waals surface area contributed by atoms with E-state index in [1.165, 1.54) is 17.0 Å². The van der Waals surface area contributed by atoms with E-state index in [0.717, 1.165) is 16.8 Å². The summed E-state index contributed by atoms with van der Waals surface area (Å²) in [5.74, 6) is -0.161. The number of rotatable bonds is 1. The molecule has 90 valence electrons. The van der Waals surface area contributed by atoms with Crippen molar-refractivity contribution in [2.45, 2.75) is 13.8 Å². The van der Waals surface area contributed by atoms with Gasteiger partial charge in [-0.3, -0.25) is 0 Å². The lowest BCUT2D eigenvalue weighted by molar-refractivity contribution is 0.619. The second-order valence-electron chi connectivity index (χ2n) is 4.74. The fourth-order valence-corrected chi connectivity index (χ4v) is 2.22. The molecular weight excluding hydrogens is 225 g/mol. The van der Waals surface area contributed by atoms with Gasteiger partial charge in [0.15, 0.2) is 0 Å². The molecule has 0 aliphatic carbocycles. The SMILES string of the molecule is Cc1ccc2[nH]c(-c3ccc(F)c(C)c3)cc2c1. The zero-order valence-corrected chi connectivity index (χ0v) is 10.4. The molecule has 1 N–H and O–H groups in total. The lowest BCUT2D eigenvalue weighted by Gasteiger charge is -2.00. The third kappa shape index (κ3) is 1.80. The molecule has 0 unspecified atom stereocenters. The first-order chi connectivity index (χ1) is 8.63. The zero-order chi connectivity index (χ0) is 12.7. The average molecular weight is 239 g/mol. The number of H-pyrrole nitrogens is 1. The van der Waals surface area contributed by atoms with Gasteiger partial charge < -0.3 is 4.98 Å². The second kappa shape index (κ2) is 3.98. The molecule has 0 spiro atoms. The normalized spacial score (nSPS) is 11.1. The van der Waals surface area contributed by atoms with E-state index in [9.17, 15) is 4.39 Å². The van der Waals surface area contributed by atoms with E-state index in [1.807, 2.05) is 6.07 Å². The lowest BCUT2D eigenvalue weighted by Crippen LogP contribution is -1.84. The quantitative estimate of drug-likeness (QED) is 0.639. The van der Waals surface area contributed by atoms with Gasteiger partial charge in [-0.05, 0) is 61.4 Å². The molecule has 0 atom stereocenters. The van der Waals surface area contributed by atoms with Crippen LogP contribution in [-0.4, -0.2) is 4.98 Å². The van der Waals surface area contributed by atoms with Crippen LogP contribution in [0.3, 0.4) is 0 Å². The van der Waals surface area contributed by atoms with Crippen molar-refractivity contribution in [3.05, 3.63) is 59.4 Å². The molecule has 0 bridgehead atoms. The van der Waals surface area contributed by atoms with E-state index in [1.54, 1.807) is 13.0 Å². The predicted octanol–water partition coefficient (Wildman–Crippen LogP) is 4.59. The highest BCUT2D eigenvalue weighted by atomic mass is 19.1.